The predicted octanol–water partition coefficient (Wildman–Crippen LogP) is 5.64. The molecule has 9 rings (SSSR count). The Kier molecular flexibility index (Phi) is 12.2. The van der Waals surface area contributed by atoms with Crippen LogP contribution in [0.4, 0.5) is 0 Å². The summed E-state index contributed by atoms with van der Waals surface area (Å²) in [7, 11) is 3.00. The van der Waals surface area contributed by atoms with Crippen LogP contribution in [0.15, 0.2) is 60.9 Å². The highest BCUT2D eigenvalue weighted by Crippen LogP contribution is 2.43. The summed E-state index contributed by atoms with van der Waals surface area (Å²) < 4.78 is 3.98. The third-order valence-corrected chi connectivity index (χ3v) is 11.8. The molecule has 0 aliphatic carbocycles. The molecule has 3 aliphatic rings. The van der Waals surface area contributed by atoms with Crippen molar-refractivity contribution in [2.24, 2.45) is 0 Å². The maximum absolute atomic E-state index is 7.00. The average Bonchev–Trinajstić information content (AvgIpc) is 4.04. The molecule has 292 valence electrons. The van der Waals surface area contributed by atoms with Gasteiger partial charge in [0.1, 0.15) is 0 Å². The molecule has 6 aromatic heterocycles. The fraction of sp³-hybridized carbons (Fsp3) is 0.512. The number of fused-ring (bicyclic) bond motifs is 5. The number of aromatic nitrogens is 10. The highest BCUT2D eigenvalue weighted by molar-refractivity contribution is 5.44. The van der Waals surface area contributed by atoms with Gasteiger partial charge in [-0.05, 0) is 129 Å². The molecule has 9 heterocycles. The van der Waals surface area contributed by atoms with Crippen LogP contribution in [0, 0.1) is 0 Å². The van der Waals surface area contributed by atoms with Gasteiger partial charge in [0.05, 0.1) is 11.4 Å². The zero-order valence-corrected chi connectivity index (χ0v) is 33.5. The number of H-pyrrole nitrogens is 4. The number of aromatic amines is 4. The molecule has 3 aliphatic heterocycles. The second-order valence-electron chi connectivity index (χ2n) is 15.7. The van der Waals surface area contributed by atoms with Gasteiger partial charge in [-0.2, -0.15) is 0 Å². The fourth-order valence-corrected chi connectivity index (χ4v) is 7.87. The van der Waals surface area contributed by atoms with Gasteiger partial charge in [-0.3, -0.25) is 9.36 Å². The van der Waals surface area contributed by atoms with E-state index in [0.717, 1.165) is 84.3 Å². The molecule has 13 nitrogen and oxygen atoms in total. The van der Waals surface area contributed by atoms with E-state index >= 15 is 0 Å². The summed E-state index contributed by atoms with van der Waals surface area (Å²) in [6.45, 7) is 15.6. The SMILES string of the molecule is CC1(C)c2ccc([nH]2)C2(C)CCc3cn(nn3)CCCCn3cc(nn3)CCC(C)(c3ccc1[nH]3)c1ccc([nH]1)C(C)(C)c1ccc2[nH]1.CO.CO.CO. The Labute approximate surface area is 318 Å². The molecule has 0 amide bonds. The quantitative estimate of drug-likeness (QED) is 0.105. The summed E-state index contributed by atoms with van der Waals surface area (Å²) in [4.78, 5) is 15.7. The molecule has 0 aromatic carbocycles. The van der Waals surface area contributed by atoms with Gasteiger partial charge in [0, 0.05) is 114 Å². The van der Waals surface area contributed by atoms with Crippen molar-refractivity contribution in [3.05, 3.63) is 118 Å². The Balaban J connectivity index is 0.000000892. The number of nitrogens with zero attached hydrogens (tertiary/aromatic N) is 6. The standard InChI is InChI=1S/C38H48N10.3CH4O/c1-35(2)27-9-13-31(39-27)37(5)19-17-25-23-47(45-43-25)21-7-8-22-48-24-26(44-46-48)18-20-38(6,32-14-10-28(35)40-32)34-16-12-30(42-34)36(3,4)29-11-15-33(37)41-29;3*1-2/h9-16,23-24,39-42H,7-8,17-22H2,1-6H3;3*2H,1H3. The normalized spacial score (nSPS) is 21.6. The largest absolute Gasteiger partial charge is 0.400 e. The zero-order chi connectivity index (χ0) is 39.3. The molecular formula is C41H60N10O3. The summed E-state index contributed by atoms with van der Waals surface area (Å²) in [5.74, 6) is 0. The lowest BCUT2D eigenvalue weighted by atomic mass is 9.78. The summed E-state index contributed by atoms with van der Waals surface area (Å²) in [5, 5.41) is 39.2. The lowest BCUT2D eigenvalue weighted by Gasteiger charge is -2.31. The van der Waals surface area contributed by atoms with Crippen molar-refractivity contribution >= 4 is 0 Å². The van der Waals surface area contributed by atoms with Gasteiger partial charge in [0.2, 0.25) is 0 Å². The maximum Gasteiger partial charge on any atom is 0.0827 e. The number of hydrogen-bond donors (Lipinski definition) is 7. The van der Waals surface area contributed by atoms with Crippen LogP contribution in [0.3, 0.4) is 0 Å². The Morgan fingerprint density at radius 3 is 1.04 bits per heavy atom. The van der Waals surface area contributed by atoms with Gasteiger partial charge in [-0.15, -0.1) is 10.2 Å². The molecule has 0 saturated heterocycles. The third kappa shape index (κ3) is 7.49. The highest BCUT2D eigenvalue weighted by Gasteiger charge is 2.39. The molecular weight excluding hydrogens is 681 g/mol. The Morgan fingerprint density at radius 2 is 0.741 bits per heavy atom. The Bertz CT molecular complexity index is 1830. The van der Waals surface area contributed by atoms with E-state index in [2.05, 4.69) is 143 Å². The van der Waals surface area contributed by atoms with Crippen LogP contribution in [-0.4, -0.2) is 86.6 Å². The van der Waals surface area contributed by atoms with E-state index in [1.807, 2.05) is 9.36 Å². The zero-order valence-electron chi connectivity index (χ0n) is 33.5. The smallest absolute Gasteiger partial charge is 0.0827 e. The van der Waals surface area contributed by atoms with E-state index in [0.29, 0.717) is 0 Å². The first-order valence-electron chi connectivity index (χ1n) is 18.9. The van der Waals surface area contributed by atoms with Crippen molar-refractivity contribution < 1.29 is 15.3 Å². The molecule has 13 heteroatoms. The molecule has 7 N–H and O–H groups in total. The molecule has 0 atom stereocenters. The van der Waals surface area contributed by atoms with Crippen molar-refractivity contribution in [2.75, 3.05) is 21.3 Å². The van der Waals surface area contributed by atoms with Crippen LogP contribution in [0.1, 0.15) is 124 Å². The van der Waals surface area contributed by atoms with Crippen LogP contribution in [-0.2, 0) is 47.6 Å². The van der Waals surface area contributed by atoms with Crippen molar-refractivity contribution in [1.29, 1.82) is 0 Å². The van der Waals surface area contributed by atoms with E-state index in [-0.39, 0.29) is 21.7 Å². The number of aryl methyl sites for hydroxylation is 4. The first-order valence-corrected chi connectivity index (χ1v) is 18.9. The topological polar surface area (TPSA) is 185 Å². The highest BCUT2D eigenvalue weighted by atomic mass is 16.2. The van der Waals surface area contributed by atoms with Crippen LogP contribution >= 0.6 is 0 Å². The number of rotatable bonds is 0. The monoisotopic (exact) mass is 740 g/mol. The van der Waals surface area contributed by atoms with Crippen LogP contribution in [0.25, 0.3) is 0 Å². The average molecular weight is 741 g/mol. The predicted molar refractivity (Wildman–Crippen MR) is 211 cm³/mol. The number of aliphatic hydroxyl groups is 3. The molecule has 0 fully saturated rings. The van der Waals surface area contributed by atoms with E-state index in [4.69, 9.17) is 15.3 Å². The van der Waals surface area contributed by atoms with Gasteiger partial charge in [-0.1, -0.05) is 10.4 Å². The second-order valence-corrected chi connectivity index (χ2v) is 15.7. The molecule has 0 spiro atoms. The summed E-state index contributed by atoms with van der Waals surface area (Å²) >= 11 is 0. The minimum absolute atomic E-state index is 0.278. The first-order chi connectivity index (χ1) is 25.9. The molecule has 0 unspecified atom stereocenters. The van der Waals surface area contributed by atoms with Crippen LogP contribution < -0.4 is 0 Å². The van der Waals surface area contributed by atoms with E-state index in [1.165, 1.54) is 45.6 Å². The Hall–Kier alpha value is -4.72. The summed E-state index contributed by atoms with van der Waals surface area (Å²) in [6.07, 6.45) is 9.61. The lowest BCUT2D eigenvalue weighted by Crippen LogP contribution is -2.29. The second kappa shape index (κ2) is 16.3. The third-order valence-electron chi connectivity index (χ3n) is 11.8. The van der Waals surface area contributed by atoms with Gasteiger partial charge in [0.25, 0.3) is 0 Å². The van der Waals surface area contributed by atoms with Crippen LogP contribution in [0.5, 0.6) is 0 Å². The maximum atomic E-state index is 7.00. The van der Waals surface area contributed by atoms with E-state index in [9.17, 15) is 0 Å². The molecule has 14 bridgehead atoms. The van der Waals surface area contributed by atoms with Crippen molar-refractivity contribution in [1.82, 2.24) is 49.9 Å². The minimum atomic E-state index is -0.310. The molecule has 6 aromatic rings. The first kappa shape index (κ1) is 40.5. The minimum Gasteiger partial charge on any atom is -0.400 e. The lowest BCUT2D eigenvalue weighted by molar-refractivity contribution is 0.399. The number of nitrogens with one attached hydrogen (secondary N) is 4. The summed E-state index contributed by atoms with van der Waals surface area (Å²) in [5.41, 5.74) is 10.4. The van der Waals surface area contributed by atoms with Crippen molar-refractivity contribution in [3.8, 4) is 0 Å². The Morgan fingerprint density at radius 1 is 0.463 bits per heavy atom. The summed E-state index contributed by atoms with van der Waals surface area (Å²) in [6, 6.07) is 18.2. The van der Waals surface area contributed by atoms with Crippen molar-refractivity contribution in [3.63, 3.8) is 0 Å². The molecule has 0 saturated carbocycles. The molecule has 0 radical (unpaired) electrons. The molecule has 54 heavy (non-hydrogen) atoms. The van der Waals surface area contributed by atoms with E-state index in [1.54, 1.807) is 0 Å². The number of aliphatic hydroxyl groups excluding tert-OH is 3. The van der Waals surface area contributed by atoms with Crippen LogP contribution in [0.2, 0.25) is 0 Å². The van der Waals surface area contributed by atoms with Gasteiger partial charge < -0.3 is 35.3 Å². The van der Waals surface area contributed by atoms with E-state index < -0.39 is 0 Å². The van der Waals surface area contributed by atoms with Gasteiger partial charge >= 0.3 is 0 Å². The number of hydrogen-bond acceptors (Lipinski definition) is 7. The van der Waals surface area contributed by atoms with Gasteiger partial charge in [0.15, 0.2) is 0 Å². The fourth-order valence-electron chi connectivity index (χ4n) is 7.87. The van der Waals surface area contributed by atoms with Crippen molar-refractivity contribution in [2.45, 2.75) is 115 Å². The van der Waals surface area contributed by atoms with Gasteiger partial charge in [-0.25, -0.2) is 0 Å².